The second-order valence-corrected chi connectivity index (χ2v) is 2.94. The maximum atomic E-state index is 5.65. The number of nitrogens with zero attached hydrogens (tertiary/aromatic N) is 1. The Kier molecular flexibility index (Phi) is 1.94. The molecule has 0 radical (unpaired) electrons. The summed E-state index contributed by atoms with van der Waals surface area (Å²) < 4.78 is 4.97. The van der Waals surface area contributed by atoms with Crippen LogP contribution in [-0.4, -0.2) is 5.16 Å². The summed E-state index contributed by atoms with van der Waals surface area (Å²) in [6.07, 6.45) is 0. The Balaban J connectivity index is 2.53. The van der Waals surface area contributed by atoms with Gasteiger partial charge >= 0.3 is 0 Å². The molecule has 2 rings (SSSR count). The molecule has 0 aliphatic rings. The number of hydrogen-bond acceptors (Lipinski definition) is 3. The molecule has 1 aromatic carbocycles. The van der Waals surface area contributed by atoms with Crippen molar-refractivity contribution in [2.75, 3.05) is 5.73 Å². The molecule has 0 amide bonds. The van der Waals surface area contributed by atoms with E-state index in [1.807, 2.05) is 30.3 Å². The van der Waals surface area contributed by atoms with Crippen LogP contribution in [0.5, 0.6) is 0 Å². The average Bonchev–Trinajstić information content (AvgIpc) is 2.49. The van der Waals surface area contributed by atoms with Crippen LogP contribution >= 0.6 is 11.6 Å². The van der Waals surface area contributed by atoms with Crippen molar-refractivity contribution in [1.82, 2.24) is 5.16 Å². The Hall–Kier alpha value is -1.48. The zero-order valence-corrected chi connectivity index (χ0v) is 7.45. The van der Waals surface area contributed by atoms with Gasteiger partial charge in [0.05, 0.1) is 0 Å². The van der Waals surface area contributed by atoms with Gasteiger partial charge in [-0.15, -0.1) is 0 Å². The van der Waals surface area contributed by atoms with Gasteiger partial charge < -0.3 is 10.3 Å². The zero-order chi connectivity index (χ0) is 9.26. The van der Waals surface area contributed by atoms with E-state index < -0.39 is 0 Å². The number of rotatable bonds is 1. The minimum atomic E-state index is 0.207. The van der Waals surface area contributed by atoms with E-state index >= 15 is 0 Å². The first-order chi connectivity index (χ1) is 6.29. The molecule has 2 N–H and O–H groups in total. The summed E-state index contributed by atoms with van der Waals surface area (Å²) >= 11 is 5.65. The first-order valence-corrected chi connectivity index (χ1v) is 4.13. The minimum absolute atomic E-state index is 0.207. The Morgan fingerprint density at radius 1 is 1.23 bits per heavy atom. The van der Waals surface area contributed by atoms with Gasteiger partial charge in [0.15, 0.2) is 10.9 Å². The maximum absolute atomic E-state index is 5.65. The monoisotopic (exact) mass is 194 g/mol. The lowest BCUT2D eigenvalue weighted by molar-refractivity contribution is 0.433. The summed E-state index contributed by atoms with van der Waals surface area (Å²) in [6.45, 7) is 0. The van der Waals surface area contributed by atoms with Gasteiger partial charge in [-0.05, 0) is 0 Å². The summed E-state index contributed by atoms with van der Waals surface area (Å²) in [7, 11) is 0. The zero-order valence-electron chi connectivity index (χ0n) is 6.70. The van der Waals surface area contributed by atoms with Crippen LogP contribution in [0.2, 0.25) is 5.15 Å². The lowest BCUT2D eigenvalue weighted by atomic mass is 10.1. The largest absolute Gasteiger partial charge is 0.393 e. The molecule has 0 saturated heterocycles. The van der Waals surface area contributed by atoms with Crippen molar-refractivity contribution < 1.29 is 4.52 Å². The van der Waals surface area contributed by atoms with Crippen molar-refractivity contribution in [3.63, 3.8) is 0 Å². The molecule has 0 aliphatic heterocycles. The second kappa shape index (κ2) is 3.11. The van der Waals surface area contributed by atoms with Gasteiger partial charge in [-0.25, -0.2) is 0 Å². The van der Waals surface area contributed by atoms with Crippen molar-refractivity contribution in [2.24, 2.45) is 0 Å². The van der Waals surface area contributed by atoms with Gasteiger partial charge in [-0.2, -0.15) is 0 Å². The molecule has 0 aliphatic carbocycles. The van der Waals surface area contributed by atoms with E-state index in [1.54, 1.807) is 0 Å². The fourth-order valence-corrected chi connectivity index (χ4v) is 1.20. The number of anilines is 1. The number of nitrogens with two attached hydrogens (primary N) is 1. The van der Waals surface area contributed by atoms with Crippen molar-refractivity contribution in [3.05, 3.63) is 35.5 Å². The second-order valence-electron chi connectivity index (χ2n) is 2.58. The predicted octanol–water partition coefficient (Wildman–Crippen LogP) is 2.58. The summed E-state index contributed by atoms with van der Waals surface area (Å²) in [4.78, 5) is 0. The molecule has 1 heterocycles. The summed E-state index contributed by atoms with van der Waals surface area (Å²) in [5.74, 6) is 0.519. The lowest BCUT2D eigenvalue weighted by Crippen LogP contribution is -1.85. The van der Waals surface area contributed by atoms with E-state index in [9.17, 15) is 0 Å². The molecular weight excluding hydrogens is 188 g/mol. The SMILES string of the molecule is Nc1c(Cl)noc1-c1ccccc1. The molecule has 0 atom stereocenters. The van der Waals surface area contributed by atoms with Crippen LogP contribution in [0, 0.1) is 0 Å². The molecule has 0 unspecified atom stereocenters. The van der Waals surface area contributed by atoms with Gasteiger partial charge in [0.1, 0.15) is 5.69 Å². The van der Waals surface area contributed by atoms with E-state index in [4.69, 9.17) is 21.9 Å². The van der Waals surface area contributed by atoms with E-state index in [0.717, 1.165) is 5.56 Å². The van der Waals surface area contributed by atoms with Gasteiger partial charge in [-0.1, -0.05) is 47.1 Å². The molecule has 1 aromatic heterocycles. The predicted molar refractivity (Wildman–Crippen MR) is 51.4 cm³/mol. The van der Waals surface area contributed by atoms with Crippen LogP contribution in [0.4, 0.5) is 5.69 Å². The van der Waals surface area contributed by atoms with Crippen LogP contribution in [0.3, 0.4) is 0 Å². The van der Waals surface area contributed by atoms with Gasteiger partial charge in [0.25, 0.3) is 0 Å². The number of halogens is 1. The van der Waals surface area contributed by atoms with Crippen LogP contribution in [-0.2, 0) is 0 Å². The van der Waals surface area contributed by atoms with E-state index in [1.165, 1.54) is 0 Å². The number of nitrogen functional groups attached to an aromatic ring is 1. The smallest absolute Gasteiger partial charge is 0.195 e. The molecule has 66 valence electrons. The quantitative estimate of drug-likeness (QED) is 0.759. The molecular formula is C9H7ClN2O. The summed E-state index contributed by atoms with van der Waals surface area (Å²) in [5.41, 5.74) is 6.90. The Bertz CT molecular complexity index is 411. The van der Waals surface area contributed by atoms with Gasteiger partial charge in [0, 0.05) is 5.56 Å². The topological polar surface area (TPSA) is 52.0 Å². The van der Waals surface area contributed by atoms with Crippen molar-refractivity contribution in [2.45, 2.75) is 0 Å². The van der Waals surface area contributed by atoms with Gasteiger partial charge in [0.2, 0.25) is 0 Å². The Labute approximate surface area is 80.1 Å². The Morgan fingerprint density at radius 2 is 1.92 bits per heavy atom. The highest BCUT2D eigenvalue weighted by Gasteiger charge is 2.11. The average molecular weight is 195 g/mol. The molecule has 0 saturated carbocycles. The van der Waals surface area contributed by atoms with Crippen LogP contribution in [0.15, 0.2) is 34.9 Å². The molecule has 4 heteroatoms. The highest BCUT2D eigenvalue weighted by molar-refractivity contribution is 6.32. The summed E-state index contributed by atoms with van der Waals surface area (Å²) in [6, 6.07) is 9.47. The van der Waals surface area contributed by atoms with Gasteiger partial charge in [-0.3, -0.25) is 0 Å². The molecule has 0 spiro atoms. The maximum Gasteiger partial charge on any atom is 0.195 e. The fourth-order valence-electron chi connectivity index (χ4n) is 1.08. The summed E-state index contributed by atoms with van der Waals surface area (Å²) in [5, 5.41) is 3.77. The highest BCUT2D eigenvalue weighted by atomic mass is 35.5. The van der Waals surface area contributed by atoms with E-state index in [2.05, 4.69) is 5.16 Å². The van der Waals surface area contributed by atoms with Crippen LogP contribution < -0.4 is 5.73 Å². The minimum Gasteiger partial charge on any atom is -0.393 e. The number of benzene rings is 1. The molecule has 2 aromatic rings. The van der Waals surface area contributed by atoms with Crippen LogP contribution in [0.1, 0.15) is 0 Å². The van der Waals surface area contributed by atoms with E-state index in [0.29, 0.717) is 11.4 Å². The molecule has 0 bridgehead atoms. The fraction of sp³-hybridized carbons (Fsp3) is 0. The standard InChI is InChI=1S/C9H7ClN2O/c10-9-7(11)8(13-12-9)6-4-2-1-3-5-6/h1-5H,11H2. The normalized spacial score (nSPS) is 10.2. The Morgan fingerprint density at radius 3 is 2.46 bits per heavy atom. The first kappa shape index (κ1) is 8.13. The third kappa shape index (κ3) is 1.38. The van der Waals surface area contributed by atoms with Crippen molar-refractivity contribution >= 4 is 17.3 Å². The third-order valence-corrected chi connectivity index (χ3v) is 1.99. The first-order valence-electron chi connectivity index (χ1n) is 3.75. The highest BCUT2D eigenvalue weighted by Crippen LogP contribution is 2.30. The van der Waals surface area contributed by atoms with Crippen LogP contribution in [0.25, 0.3) is 11.3 Å². The lowest BCUT2D eigenvalue weighted by Gasteiger charge is -1.94. The van der Waals surface area contributed by atoms with Crippen molar-refractivity contribution in [3.8, 4) is 11.3 Å². The number of hydrogen-bond donors (Lipinski definition) is 1. The number of aromatic nitrogens is 1. The molecule has 0 fully saturated rings. The molecule has 13 heavy (non-hydrogen) atoms. The third-order valence-electron chi connectivity index (χ3n) is 1.72. The van der Waals surface area contributed by atoms with Crippen molar-refractivity contribution in [1.29, 1.82) is 0 Å². The van der Waals surface area contributed by atoms with E-state index in [-0.39, 0.29) is 5.15 Å². The molecule has 3 nitrogen and oxygen atoms in total.